The van der Waals surface area contributed by atoms with Gasteiger partial charge in [0.05, 0.1) is 5.75 Å². The van der Waals surface area contributed by atoms with Crippen LogP contribution in [0.1, 0.15) is 5.56 Å². The number of hydrogen-bond acceptors (Lipinski definition) is 6. The van der Waals surface area contributed by atoms with Crippen molar-refractivity contribution in [2.24, 2.45) is 0 Å². The maximum Gasteiger partial charge on any atom is 0.234 e. The number of ether oxygens (including phenoxy) is 2. The SMILES string of the molecule is Cc1cc(NC(=O)CSc2ccc3c(c2)OCCO3)ccc1N1CCN(C)CC1. The van der Waals surface area contributed by atoms with Gasteiger partial charge in [-0.2, -0.15) is 0 Å². The van der Waals surface area contributed by atoms with Gasteiger partial charge < -0.3 is 24.6 Å². The van der Waals surface area contributed by atoms with E-state index in [0.717, 1.165) is 48.3 Å². The van der Waals surface area contributed by atoms with Crippen LogP contribution in [0, 0.1) is 6.92 Å². The standard InChI is InChI=1S/C22H27N3O3S/c1-16-13-17(3-5-19(16)25-9-7-24(2)8-10-25)23-22(26)15-29-18-4-6-20-21(14-18)28-12-11-27-20/h3-6,13-14H,7-12,15H2,1-2H3,(H,23,26). The van der Waals surface area contributed by atoms with E-state index in [1.807, 2.05) is 24.3 Å². The van der Waals surface area contributed by atoms with Crippen molar-refractivity contribution in [1.82, 2.24) is 4.90 Å². The van der Waals surface area contributed by atoms with Gasteiger partial charge in [0.1, 0.15) is 13.2 Å². The van der Waals surface area contributed by atoms with Gasteiger partial charge in [0.25, 0.3) is 0 Å². The molecule has 1 amide bonds. The Morgan fingerprint density at radius 3 is 2.55 bits per heavy atom. The molecule has 4 rings (SSSR count). The fourth-order valence-electron chi connectivity index (χ4n) is 3.59. The van der Waals surface area contributed by atoms with E-state index in [0.29, 0.717) is 19.0 Å². The molecule has 0 bridgehead atoms. The topological polar surface area (TPSA) is 54.0 Å². The van der Waals surface area contributed by atoms with Crippen LogP contribution in [0.2, 0.25) is 0 Å². The number of benzene rings is 2. The van der Waals surface area contributed by atoms with E-state index >= 15 is 0 Å². The molecule has 0 aliphatic carbocycles. The van der Waals surface area contributed by atoms with Gasteiger partial charge in [0.2, 0.25) is 5.91 Å². The minimum atomic E-state index is -0.0170. The van der Waals surface area contributed by atoms with Crippen LogP contribution in [0.3, 0.4) is 0 Å². The summed E-state index contributed by atoms with van der Waals surface area (Å²) in [5.74, 6) is 1.84. The number of likely N-dealkylation sites (N-methyl/N-ethyl adjacent to an activating group) is 1. The first kappa shape index (κ1) is 19.9. The van der Waals surface area contributed by atoms with E-state index in [9.17, 15) is 4.79 Å². The van der Waals surface area contributed by atoms with E-state index < -0.39 is 0 Å². The molecule has 2 heterocycles. The Bertz CT molecular complexity index is 882. The molecule has 0 radical (unpaired) electrons. The first-order valence-electron chi connectivity index (χ1n) is 9.95. The second-order valence-electron chi connectivity index (χ2n) is 7.43. The smallest absolute Gasteiger partial charge is 0.234 e. The third-order valence-electron chi connectivity index (χ3n) is 5.21. The number of carbonyl (C=O) groups excluding carboxylic acids is 1. The number of thioether (sulfide) groups is 1. The Labute approximate surface area is 176 Å². The normalized spacial score (nSPS) is 16.6. The molecule has 1 N–H and O–H groups in total. The lowest BCUT2D eigenvalue weighted by Gasteiger charge is -2.35. The molecule has 2 aromatic carbocycles. The van der Waals surface area contributed by atoms with E-state index in [2.05, 4.69) is 41.2 Å². The zero-order chi connectivity index (χ0) is 20.2. The number of nitrogens with zero attached hydrogens (tertiary/aromatic N) is 2. The summed E-state index contributed by atoms with van der Waals surface area (Å²) in [6, 6.07) is 12.0. The fourth-order valence-corrected chi connectivity index (χ4v) is 4.32. The number of hydrogen-bond donors (Lipinski definition) is 1. The fraction of sp³-hybridized carbons (Fsp3) is 0.409. The number of aryl methyl sites for hydroxylation is 1. The van der Waals surface area contributed by atoms with Crippen LogP contribution in [0.4, 0.5) is 11.4 Å². The summed E-state index contributed by atoms with van der Waals surface area (Å²) in [5, 5.41) is 3.01. The molecule has 154 valence electrons. The Kier molecular flexibility index (Phi) is 6.16. The highest BCUT2D eigenvalue weighted by Crippen LogP contribution is 2.34. The van der Waals surface area contributed by atoms with E-state index in [4.69, 9.17) is 9.47 Å². The van der Waals surface area contributed by atoms with Gasteiger partial charge in [-0.05, 0) is 55.9 Å². The molecule has 6 nitrogen and oxygen atoms in total. The van der Waals surface area contributed by atoms with Crippen molar-refractivity contribution in [2.45, 2.75) is 11.8 Å². The molecular formula is C22H27N3O3S. The van der Waals surface area contributed by atoms with Gasteiger partial charge in [0, 0.05) is 42.4 Å². The van der Waals surface area contributed by atoms with Gasteiger partial charge in [-0.25, -0.2) is 0 Å². The largest absolute Gasteiger partial charge is 0.486 e. The summed E-state index contributed by atoms with van der Waals surface area (Å²) in [4.78, 5) is 18.2. The average Bonchev–Trinajstić information content (AvgIpc) is 2.73. The third-order valence-corrected chi connectivity index (χ3v) is 6.20. The number of fused-ring (bicyclic) bond motifs is 1. The average molecular weight is 414 g/mol. The number of rotatable bonds is 5. The van der Waals surface area contributed by atoms with Gasteiger partial charge in [-0.3, -0.25) is 4.79 Å². The summed E-state index contributed by atoms with van der Waals surface area (Å²) in [6.07, 6.45) is 0. The number of amides is 1. The van der Waals surface area contributed by atoms with Crippen molar-refractivity contribution in [1.29, 1.82) is 0 Å². The lowest BCUT2D eigenvalue weighted by molar-refractivity contribution is -0.113. The molecule has 0 saturated carbocycles. The maximum atomic E-state index is 12.4. The quantitative estimate of drug-likeness (QED) is 0.760. The molecule has 2 aromatic rings. The molecule has 0 aromatic heterocycles. The molecule has 0 unspecified atom stereocenters. The van der Waals surface area contributed by atoms with Crippen LogP contribution in [-0.2, 0) is 4.79 Å². The highest BCUT2D eigenvalue weighted by atomic mass is 32.2. The summed E-state index contributed by atoms with van der Waals surface area (Å²) in [7, 11) is 2.16. The van der Waals surface area contributed by atoms with Crippen LogP contribution < -0.4 is 19.7 Å². The Hall–Kier alpha value is -2.38. The van der Waals surface area contributed by atoms with Crippen molar-refractivity contribution in [2.75, 3.05) is 62.4 Å². The third kappa shape index (κ3) is 4.97. The zero-order valence-electron chi connectivity index (χ0n) is 16.9. The van der Waals surface area contributed by atoms with Gasteiger partial charge in [0.15, 0.2) is 11.5 Å². The molecule has 2 aliphatic rings. The number of piperazine rings is 1. The first-order valence-corrected chi connectivity index (χ1v) is 10.9. The van der Waals surface area contributed by atoms with Crippen molar-refractivity contribution >= 4 is 29.0 Å². The molecule has 2 aliphatic heterocycles. The highest BCUT2D eigenvalue weighted by Gasteiger charge is 2.16. The molecule has 1 saturated heterocycles. The maximum absolute atomic E-state index is 12.4. The number of carbonyl (C=O) groups is 1. The van der Waals surface area contributed by atoms with Crippen LogP contribution >= 0.6 is 11.8 Å². The Morgan fingerprint density at radius 2 is 1.79 bits per heavy atom. The van der Waals surface area contributed by atoms with E-state index in [-0.39, 0.29) is 5.91 Å². The zero-order valence-corrected chi connectivity index (χ0v) is 17.8. The Balaban J connectivity index is 1.32. The van der Waals surface area contributed by atoms with Crippen molar-refractivity contribution in [3.8, 4) is 11.5 Å². The van der Waals surface area contributed by atoms with Gasteiger partial charge in [-0.1, -0.05) is 0 Å². The number of nitrogens with one attached hydrogen (secondary N) is 1. The summed E-state index contributed by atoms with van der Waals surface area (Å²) >= 11 is 1.49. The van der Waals surface area contributed by atoms with Gasteiger partial charge in [-0.15, -0.1) is 11.8 Å². The lowest BCUT2D eigenvalue weighted by atomic mass is 10.1. The molecule has 1 fully saturated rings. The molecular weight excluding hydrogens is 386 g/mol. The molecule has 7 heteroatoms. The molecule has 29 heavy (non-hydrogen) atoms. The second kappa shape index (κ2) is 8.97. The summed E-state index contributed by atoms with van der Waals surface area (Å²) in [6.45, 7) is 7.47. The van der Waals surface area contributed by atoms with Crippen LogP contribution in [0.5, 0.6) is 11.5 Å². The van der Waals surface area contributed by atoms with Crippen LogP contribution in [-0.4, -0.2) is 63.0 Å². The van der Waals surface area contributed by atoms with Crippen molar-refractivity contribution in [3.05, 3.63) is 42.0 Å². The van der Waals surface area contributed by atoms with Crippen molar-refractivity contribution in [3.63, 3.8) is 0 Å². The highest BCUT2D eigenvalue weighted by molar-refractivity contribution is 8.00. The van der Waals surface area contributed by atoms with Crippen LogP contribution in [0.15, 0.2) is 41.3 Å². The summed E-state index contributed by atoms with van der Waals surface area (Å²) in [5.41, 5.74) is 3.28. The first-order chi connectivity index (χ1) is 14.1. The lowest BCUT2D eigenvalue weighted by Crippen LogP contribution is -2.44. The number of anilines is 2. The predicted octanol–water partition coefficient (Wildman–Crippen LogP) is 3.25. The monoisotopic (exact) mass is 413 g/mol. The molecule has 0 atom stereocenters. The predicted molar refractivity (Wildman–Crippen MR) is 118 cm³/mol. The van der Waals surface area contributed by atoms with E-state index in [1.54, 1.807) is 0 Å². The minimum absolute atomic E-state index is 0.0170. The van der Waals surface area contributed by atoms with Crippen LogP contribution in [0.25, 0.3) is 0 Å². The minimum Gasteiger partial charge on any atom is -0.486 e. The Morgan fingerprint density at radius 1 is 1.03 bits per heavy atom. The summed E-state index contributed by atoms with van der Waals surface area (Å²) < 4.78 is 11.1. The van der Waals surface area contributed by atoms with Crippen molar-refractivity contribution < 1.29 is 14.3 Å². The molecule has 0 spiro atoms. The second-order valence-corrected chi connectivity index (χ2v) is 8.48. The van der Waals surface area contributed by atoms with Gasteiger partial charge >= 0.3 is 0 Å². The van der Waals surface area contributed by atoms with E-state index in [1.165, 1.54) is 23.0 Å².